The third-order valence-corrected chi connectivity index (χ3v) is 6.30. The molecule has 5 atom stereocenters. The Morgan fingerprint density at radius 2 is 1.13 bits per heavy atom. The molecule has 12 nitrogen and oxygen atoms in total. The highest BCUT2D eigenvalue weighted by Crippen LogP contribution is 2.26. The van der Waals surface area contributed by atoms with E-state index in [1.54, 1.807) is 0 Å². The molecule has 0 aromatic carbocycles. The number of rotatable bonds is 4. The molecule has 0 spiro atoms. The molecule has 0 aliphatic carbocycles. The van der Waals surface area contributed by atoms with E-state index in [0.717, 1.165) is 32.2 Å². The van der Waals surface area contributed by atoms with Crippen LogP contribution in [0.15, 0.2) is 0 Å². The van der Waals surface area contributed by atoms with Crippen molar-refractivity contribution < 1.29 is 4.79 Å². The van der Waals surface area contributed by atoms with E-state index in [4.69, 9.17) is 43.6 Å². The van der Waals surface area contributed by atoms with Crippen LogP contribution in [0.25, 0.3) is 0 Å². The molecule has 1 amide bonds. The minimum atomic E-state index is -0.292. The predicted octanol–water partition coefficient (Wildman–Crippen LogP) is -2.70. The van der Waals surface area contributed by atoms with Gasteiger partial charge in [-0.05, 0) is 25.7 Å². The molecule has 3 aliphatic rings. The quantitative estimate of drug-likeness (QED) is 0.331. The van der Waals surface area contributed by atoms with E-state index in [0.29, 0.717) is 50.6 Å². The van der Waals surface area contributed by atoms with Crippen molar-refractivity contribution in [3.05, 3.63) is 0 Å². The van der Waals surface area contributed by atoms with Gasteiger partial charge in [0, 0.05) is 63.4 Å². The minimum Gasteiger partial charge on any atom is -0.369 e. The Balaban J connectivity index is 1.67. The van der Waals surface area contributed by atoms with Crippen LogP contribution in [0.1, 0.15) is 25.7 Å². The second-order valence-corrected chi connectivity index (χ2v) is 9.24. The van der Waals surface area contributed by atoms with Gasteiger partial charge < -0.3 is 43.4 Å². The summed E-state index contributed by atoms with van der Waals surface area (Å²) >= 11 is 0. The summed E-state index contributed by atoms with van der Waals surface area (Å²) in [7, 11) is 0. The van der Waals surface area contributed by atoms with E-state index < -0.39 is 0 Å². The number of hydrogen-bond acceptors (Lipinski definition) is 11. The van der Waals surface area contributed by atoms with Crippen molar-refractivity contribution in [3.8, 4) is 0 Å². The first-order valence-electron chi connectivity index (χ1n) is 11.1. The molecule has 12 heteroatoms. The summed E-state index contributed by atoms with van der Waals surface area (Å²) in [6.45, 7) is 3.75. The molecule has 3 saturated heterocycles. The van der Waals surface area contributed by atoms with Crippen molar-refractivity contribution >= 4 is 23.8 Å². The van der Waals surface area contributed by atoms with E-state index in [1.807, 2.05) is 14.7 Å². The van der Waals surface area contributed by atoms with Gasteiger partial charge in [0.1, 0.15) is 0 Å². The van der Waals surface area contributed by atoms with Gasteiger partial charge in [-0.3, -0.25) is 4.79 Å². The number of piperidine rings is 3. The Morgan fingerprint density at radius 3 is 1.55 bits per heavy atom. The van der Waals surface area contributed by atoms with Crippen molar-refractivity contribution in [2.75, 3.05) is 54.0 Å². The molecule has 172 valence electrons. The van der Waals surface area contributed by atoms with Gasteiger partial charge in [0.05, 0.1) is 5.92 Å². The van der Waals surface area contributed by atoms with Gasteiger partial charge in [0.25, 0.3) is 0 Å². The van der Waals surface area contributed by atoms with Crippen LogP contribution in [0, 0.1) is 5.92 Å². The van der Waals surface area contributed by atoms with Gasteiger partial charge >= 0.3 is 0 Å². The fourth-order valence-electron chi connectivity index (χ4n) is 4.84. The Hall–Kier alpha value is -2.28. The van der Waals surface area contributed by atoms with Gasteiger partial charge in [0.15, 0.2) is 0 Å². The van der Waals surface area contributed by atoms with Crippen LogP contribution in [0.5, 0.6) is 0 Å². The van der Waals surface area contributed by atoms with E-state index in [1.165, 1.54) is 0 Å². The molecule has 10 N–H and O–H groups in total. The van der Waals surface area contributed by atoms with Crippen LogP contribution < -0.4 is 43.4 Å². The third kappa shape index (κ3) is 5.14. The Morgan fingerprint density at radius 1 is 0.710 bits per heavy atom. The summed E-state index contributed by atoms with van der Waals surface area (Å²) < 4.78 is 0. The van der Waals surface area contributed by atoms with Crippen LogP contribution in [0.2, 0.25) is 0 Å². The van der Waals surface area contributed by atoms with E-state index in [9.17, 15) is 4.79 Å². The fraction of sp³-hybridized carbons (Fsp3) is 0.789. The molecule has 3 fully saturated rings. The number of carbonyl (C=O) groups is 1. The lowest BCUT2D eigenvalue weighted by Crippen LogP contribution is -2.54. The monoisotopic (exact) mass is 433 g/mol. The zero-order valence-electron chi connectivity index (χ0n) is 17.9. The fourth-order valence-corrected chi connectivity index (χ4v) is 4.84. The van der Waals surface area contributed by atoms with E-state index >= 15 is 0 Å². The van der Waals surface area contributed by atoms with Crippen molar-refractivity contribution in [1.29, 1.82) is 0 Å². The summed E-state index contributed by atoms with van der Waals surface area (Å²) in [5.41, 5.74) is 30.4. The highest BCUT2D eigenvalue weighted by atomic mass is 16.1. The number of primary amides is 1. The van der Waals surface area contributed by atoms with Gasteiger partial charge in [0.2, 0.25) is 23.8 Å². The normalized spacial score (nSPS) is 32.3. The first-order chi connectivity index (χ1) is 14.8. The third-order valence-electron chi connectivity index (χ3n) is 6.30. The summed E-state index contributed by atoms with van der Waals surface area (Å²) in [5, 5.41) is 0. The maximum absolute atomic E-state index is 11.8. The molecule has 1 unspecified atom stereocenters. The van der Waals surface area contributed by atoms with Crippen LogP contribution in [-0.4, -0.2) is 84.3 Å². The molecule has 0 saturated carbocycles. The zero-order valence-corrected chi connectivity index (χ0v) is 17.9. The van der Waals surface area contributed by atoms with Crippen LogP contribution in [-0.2, 0) is 4.79 Å². The SMILES string of the molecule is NC(=O)C1CCCN(c2nc(N3C[C@H](N)C[C@H](N)C3)nc(N3C[C@H](N)C[C@H](N)C3)n2)C1. The number of amides is 1. The largest absolute Gasteiger partial charge is 0.369 e. The molecular weight excluding hydrogens is 398 g/mol. The molecule has 1 aromatic rings. The first kappa shape index (κ1) is 21.9. The lowest BCUT2D eigenvalue weighted by molar-refractivity contribution is -0.122. The molecule has 1 aromatic heterocycles. The lowest BCUT2D eigenvalue weighted by atomic mass is 9.98. The zero-order chi connectivity index (χ0) is 22.1. The Bertz CT molecular complexity index is 728. The maximum Gasteiger partial charge on any atom is 0.232 e. The standard InChI is InChI=1S/C19H35N11O/c20-12-4-13(21)8-29(7-12)18-25-17(28-3-1-2-11(6-28)16(24)31)26-19(27-18)30-9-14(22)5-15(23)10-30/h11-15H,1-10,20-23H2,(H2,24,31)/t11?,12-,13+,14-,15+. The van der Waals surface area contributed by atoms with E-state index in [2.05, 4.69) is 0 Å². The average molecular weight is 434 g/mol. The highest BCUT2D eigenvalue weighted by Gasteiger charge is 2.31. The minimum absolute atomic E-state index is 0.0431. The number of aromatic nitrogens is 3. The van der Waals surface area contributed by atoms with E-state index in [-0.39, 0.29) is 36.0 Å². The summed E-state index contributed by atoms with van der Waals surface area (Å²) in [4.78, 5) is 32.1. The number of nitrogens with zero attached hydrogens (tertiary/aromatic N) is 6. The first-order valence-corrected chi connectivity index (χ1v) is 11.1. The second kappa shape index (κ2) is 9.07. The second-order valence-electron chi connectivity index (χ2n) is 9.24. The van der Waals surface area contributed by atoms with Crippen LogP contribution in [0.3, 0.4) is 0 Å². The molecular formula is C19H35N11O. The summed E-state index contributed by atoms with van der Waals surface area (Å²) in [5.74, 6) is 1.11. The van der Waals surface area contributed by atoms with Crippen LogP contribution >= 0.6 is 0 Å². The molecule has 3 aliphatic heterocycles. The van der Waals surface area contributed by atoms with Crippen molar-refractivity contribution in [2.45, 2.75) is 49.9 Å². The summed E-state index contributed by atoms with van der Waals surface area (Å²) in [6.07, 6.45) is 3.16. The smallest absolute Gasteiger partial charge is 0.232 e. The van der Waals surface area contributed by atoms with Crippen molar-refractivity contribution in [2.24, 2.45) is 34.6 Å². The van der Waals surface area contributed by atoms with Crippen molar-refractivity contribution in [3.63, 3.8) is 0 Å². The lowest BCUT2D eigenvalue weighted by Gasteiger charge is -2.38. The van der Waals surface area contributed by atoms with Gasteiger partial charge in [-0.2, -0.15) is 15.0 Å². The Kier molecular flexibility index (Phi) is 6.42. The van der Waals surface area contributed by atoms with Gasteiger partial charge in [-0.1, -0.05) is 0 Å². The molecule has 4 heterocycles. The number of nitrogens with two attached hydrogens (primary N) is 5. The van der Waals surface area contributed by atoms with Crippen LogP contribution in [0.4, 0.5) is 17.8 Å². The molecule has 31 heavy (non-hydrogen) atoms. The predicted molar refractivity (Wildman–Crippen MR) is 120 cm³/mol. The molecule has 4 rings (SSSR count). The summed E-state index contributed by atoms with van der Waals surface area (Å²) in [6, 6.07) is -0.172. The number of anilines is 3. The average Bonchev–Trinajstić information content (AvgIpc) is 2.72. The number of hydrogen-bond donors (Lipinski definition) is 5. The highest BCUT2D eigenvalue weighted by molar-refractivity contribution is 5.77. The van der Waals surface area contributed by atoms with Crippen molar-refractivity contribution in [1.82, 2.24) is 15.0 Å². The van der Waals surface area contributed by atoms with Gasteiger partial charge in [-0.15, -0.1) is 0 Å². The molecule has 0 bridgehead atoms. The molecule has 0 radical (unpaired) electrons. The Labute approximate surface area is 182 Å². The number of carbonyl (C=O) groups excluding carboxylic acids is 1. The van der Waals surface area contributed by atoms with Gasteiger partial charge in [-0.25, -0.2) is 0 Å². The maximum atomic E-state index is 11.8. The topological polar surface area (TPSA) is 196 Å².